The lowest BCUT2D eigenvalue weighted by molar-refractivity contribution is 0.255. The Kier molecular flexibility index (Phi) is 14.7. The van der Waals surface area contributed by atoms with Crippen molar-refractivity contribution in [2.75, 3.05) is 6.61 Å². The van der Waals surface area contributed by atoms with Gasteiger partial charge in [-0.15, -0.1) is 0 Å². The first-order chi connectivity index (χ1) is 15.3. The van der Waals surface area contributed by atoms with Crippen LogP contribution in [0.4, 0.5) is 0 Å². The number of nitriles is 2. The zero-order chi connectivity index (χ0) is 24.5. The van der Waals surface area contributed by atoms with E-state index < -0.39 is 0 Å². The Balaban J connectivity index is 0.00000466. The summed E-state index contributed by atoms with van der Waals surface area (Å²) in [7, 11) is 0. The SMILES string of the molecule is C=C(/C=C\C/C(C#N)=C\C)CO/C=C(\C)N(N=C(C)C)C1C=CC=C(C#N)C(Cl)=C1.CC. The molecule has 1 aliphatic rings. The highest BCUT2D eigenvalue weighted by Gasteiger charge is 2.17. The van der Waals surface area contributed by atoms with E-state index in [1.165, 1.54) is 0 Å². The van der Waals surface area contributed by atoms with Crippen molar-refractivity contribution in [2.45, 2.75) is 54.0 Å². The lowest BCUT2D eigenvalue weighted by Crippen LogP contribution is -2.27. The number of halogens is 1. The Bertz CT molecular complexity index is 930. The van der Waals surface area contributed by atoms with Gasteiger partial charge in [0.1, 0.15) is 18.9 Å². The molecule has 0 aromatic rings. The van der Waals surface area contributed by atoms with Gasteiger partial charge in [-0.05, 0) is 45.4 Å². The molecule has 0 amide bonds. The maximum Gasteiger partial charge on any atom is 0.112 e. The summed E-state index contributed by atoms with van der Waals surface area (Å²) >= 11 is 6.27. The van der Waals surface area contributed by atoms with Crippen molar-refractivity contribution in [3.63, 3.8) is 0 Å². The van der Waals surface area contributed by atoms with Gasteiger partial charge in [0.2, 0.25) is 0 Å². The van der Waals surface area contributed by atoms with Crippen molar-refractivity contribution in [3.05, 3.63) is 82.8 Å². The molecule has 0 aromatic heterocycles. The van der Waals surface area contributed by atoms with Crippen LogP contribution in [0.25, 0.3) is 0 Å². The van der Waals surface area contributed by atoms with Gasteiger partial charge in [0, 0.05) is 17.7 Å². The lowest BCUT2D eigenvalue weighted by Gasteiger charge is -2.26. The van der Waals surface area contributed by atoms with Crippen molar-refractivity contribution in [1.29, 1.82) is 10.5 Å². The highest BCUT2D eigenvalue weighted by atomic mass is 35.5. The van der Waals surface area contributed by atoms with Gasteiger partial charge in [0.05, 0.1) is 28.4 Å². The molecular weight excluding hydrogens is 420 g/mol. The van der Waals surface area contributed by atoms with E-state index in [1.807, 2.05) is 59.8 Å². The fourth-order valence-corrected chi connectivity index (χ4v) is 2.67. The van der Waals surface area contributed by atoms with Gasteiger partial charge in [0.15, 0.2) is 0 Å². The lowest BCUT2D eigenvalue weighted by atomic mass is 10.1. The Morgan fingerprint density at radius 1 is 1.31 bits per heavy atom. The predicted molar refractivity (Wildman–Crippen MR) is 135 cm³/mol. The van der Waals surface area contributed by atoms with Gasteiger partial charge in [-0.25, -0.2) is 0 Å². The van der Waals surface area contributed by atoms with Crippen LogP contribution < -0.4 is 0 Å². The van der Waals surface area contributed by atoms with Crippen molar-refractivity contribution in [2.24, 2.45) is 5.10 Å². The number of hydrazone groups is 1. The fourth-order valence-electron chi connectivity index (χ4n) is 2.43. The summed E-state index contributed by atoms with van der Waals surface area (Å²) in [6.45, 7) is 15.8. The smallest absolute Gasteiger partial charge is 0.112 e. The third-order valence-electron chi connectivity index (χ3n) is 3.92. The summed E-state index contributed by atoms with van der Waals surface area (Å²) in [5, 5.41) is 24.8. The number of nitrogens with zero attached hydrogens (tertiary/aromatic N) is 4. The van der Waals surface area contributed by atoms with Crippen molar-refractivity contribution in [3.8, 4) is 12.1 Å². The largest absolute Gasteiger partial charge is 0.495 e. The average Bonchev–Trinajstić information content (AvgIpc) is 2.97. The highest BCUT2D eigenvalue weighted by Crippen LogP contribution is 2.23. The Morgan fingerprint density at radius 3 is 2.56 bits per heavy atom. The van der Waals surface area contributed by atoms with E-state index in [-0.39, 0.29) is 6.04 Å². The summed E-state index contributed by atoms with van der Waals surface area (Å²) in [5.74, 6) is 0. The van der Waals surface area contributed by atoms with Gasteiger partial charge in [0.25, 0.3) is 0 Å². The first kappa shape index (κ1) is 28.7. The van der Waals surface area contributed by atoms with Gasteiger partial charge in [-0.2, -0.15) is 15.6 Å². The molecule has 1 aliphatic carbocycles. The third kappa shape index (κ3) is 10.7. The van der Waals surface area contributed by atoms with E-state index in [9.17, 15) is 5.26 Å². The second kappa shape index (κ2) is 16.4. The topological polar surface area (TPSA) is 72.4 Å². The Labute approximate surface area is 198 Å². The molecule has 0 saturated carbocycles. The summed E-state index contributed by atoms with van der Waals surface area (Å²) in [5.41, 5.74) is 3.53. The number of rotatable bonds is 9. The maximum absolute atomic E-state index is 9.17. The molecule has 0 spiro atoms. The van der Waals surface area contributed by atoms with E-state index in [4.69, 9.17) is 21.6 Å². The molecule has 170 valence electrons. The average molecular weight is 453 g/mol. The van der Waals surface area contributed by atoms with Crippen LogP contribution in [-0.4, -0.2) is 23.4 Å². The Morgan fingerprint density at radius 2 is 2.00 bits per heavy atom. The second-order valence-electron chi connectivity index (χ2n) is 6.73. The molecule has 0 saturated heterocycles. The molecule has 0 N–H and O–H groups in total. The van der Waals surface area contributed by atoms with E-state index in [0.717, 1.165) is 17.0 Å². The van der Waals surface area contributed by atoms with Crippen LogP contribution in [-0.2, 0) is 4.74 Å². The van der Waals surface area contributed by atoms with Crippen LogP contribution in [0.3, 0.4) is 0 Å². The van der Waals surface area contributed by atoms with Crippen LogP contribution >= 0.6 is 11.6 Å². The van der Waals surface area contributed by atoms with Crippen molar-refractivity contribution >= 4 is 17.3 Å². The van der Waals surface area contributed by atoms with E-state index in [1.54, 1.807) is 35.6 Å². The van der Waals surface area contributed by atoms with Gasteiger partial charge in [-0.1, -0.05) is 62.4 Å². The van der Waals surface area contributed by atoms with Crippen LogP contribution in [0, 0.1) is 22.7 Å². The molecule has 0 radical (unpaired) electrons. The fraction of sp³-hybridized carbons (Fsp3) is 0.346. The number of allylic oxidation sites excluding steroid dienone is 8. The molecule has 0 aromatic carbocycles. The predicted octanol–water partition coefficient (Wildman–Crippen LogP) is 7.07. The molecule has 1 unspecified atom stereocenters. The van der Waals surface area contributed by atoms with Crippen LogP contribution in [0.1, 0.15) is 48.0 Å². The minimum atomic E-state index is -0.261. The summed E-state index contributed by atoms with van der Waals surface area (Å²) in [4.78, 5) is 0. The zero-order valence-corrected chi connectivity index (χ0v) is 20.6. The second-order valence-corrected chi connectivity index (χ2v) is 7.14. The molecule has 0 bridgehead atoms. The highest BCUT2D eigenvalue weighted by molar-refractivity contribution is 6.32. The van der Waals surface area contributed by atoms with Crippen molar-refractivity contribution < 1.29 is 4.74 Å². The van der Waals surface area contributed by atoms with E-state index in [0.29, 0.717) is 29.2 Å². The summed E-state index contributed by atoms with van der Waals surface area (Å²) < 4.78 is 5.67. The monoisotopic (exact) mass is 452 g/mol. The summed E-state index contributed by atoms with van der Waals surface area (Å²) in [6, 6.07) is 3.96. The molecule has 1 atom stereocenters. The third-order valence-corrected chi connectivity index (χ3v) is 4.25. The normalized spacial score (nSPS) is 15.8. The van der Waals surface area contributed by atoms with E-state index >= 15 is 0 Å². The van der Waals surface area contributed by atoms with Gasteiger partial charge in [-0.3, -0.25) is 5.01 Å². The number of hydrogen-bond acceptors (Lipinski definition) is 5. The quantitative estimate of drug-likeness (QED) is 0.123. The van der Waals surface area contributed by atoms with Gasteiger partial charge < -0.3 is 4.74 Å². The zero-order valence-electron chi connectivity index (χ0n) is 19.9. The number of ether oxygens (including phenoxy) is 1. The molecule has 0 aliphatic heterocycles. The molecule has 1 rings (SSSR count). The molecule has 0 fully saturated rings. The van der Waals surface area contributed by atoms with E-state index in [2.05, 4.69) is 23.8 Å². The van der Waals surface area contributed by atoms with Crippen molar-refractivity contribution in [1.82, 2.24) is 5.01 Å². The van der Waals surface area contributed by atoms with Crippen LogP contribution in [0.5, 0.6) is 0 Å². The molecular formula is C26H33ClN4O. The number of hydrogen-bond donors (Lipinski definition) is 0. The summed E-state index contributed by atoms with van der Waals surface area (Å²) in [6.07, 6.45) is 14.9. The first-order valence-corrected chi connectivity index (χ1v) is 10.9. The molecule has 32 heavy (non-hydrogen) atoms. The molecule has 0 heterocycles. The molecule has 6 heteroatoms. The van der Waals surface area contributed by atoms with Crippen LogP contribution in [0.2, 0.25) is 0 Å². The van der Waals surface area contributed by atoms with Crippen LogP contribution in [0.15, 0.2) is 87.9 Å². The Hall–Kier alpha value is -3.28. The minimum absolute atomic E-state index is 0.261. The molecule has 5 nitrogen and oxygen atoms in total. The van der Waals surface area contributed by atoms with Gasteiger partial charge >= 0.3 is 0 Å². The minimum Gasteiger partial charge on any atom is -0.495 e. The standard InChI is InChI=1S/C24H27ClN4O.C2H6/c1-6-21(14-26)10-7-9-19(4)16-30-17-20(5)29(28-18(2)3)23-12-8-11-22(15-27)24(25)13-23;1-2/h6-9,11-13,17,23H,4,10,16H2,1-3,5H3;1-2H3/b9-7-,20-17+,21-6+;. The maximum atomic E-state index is 9.17. The first-order valence-electron chi connectivity index (χ1n) is 10.5.